The molecule has 3 rings (SSSR count). The molecule has 6 nitrogen and oxygen atoms in total. The Bertz CT molecular complexity index is 633. The maximum absolute atomic E-state index is 11.2. The van der Waals surface area contributed by atoms with Gasteiger partial charge >= 0.3 is 5.97 Å². The van der Waals surface area contributed by atoms with E-state index in [-0.39, 0.29) is 6.04 Å². The summed E-state index contributed by atoms with van der Waals surface area (Å²) in [5.74, 6) is 0.475. The van der Waals surface area contributed by atoms with Crippen LogP contribution in [-0.4, -0.2) is 17.1 Å². The zero-order valence-electron chi connectivity index (χ0n) is 11.1. The second-order valence-corrected chi connectivity index (χ2v) is 4.69. The Morgan fingerprint density at radius 3 is 2.52 bits per heavy atom. The van der Waals surface area contributed by atoms with Crippen molar-refractivity contribution in [2.45, 2.75) is 12.1 Å². The normalized spacial score (nSPS) is 21.1. The smallest absolute Gasteiger partial charge is 0.324 e. The molecule has 1 aliphatic heterocycles. The fourth-order valence-electron chi connectivity index (χ4n) is 2.24. The minimum Gasteiger partial charge on any atom is -0.480 e. The number of carbonyl (C=O) groups is 1. The number of carboxylic acids is 1. The Kier molecular flexibility index (Phi) is 3.83. The minimum atomic E-state index is -0.924. The second-order valence-electron chi connectivity index (χ2n) is 4.69. The van der Waals surface area contributed by atoms with Gasteiger partial charge < -0.3 is 9.84 Å². The van der Waals surface area contributed by atoms with Gasteiger partial charge in [0.2, 0.25) is 0 Å². The lowest BCUT2D eigenvalue weighted by atomic mass is 10.0. The SMILES string of the molecule is O=C(O)C1NNNC1c1cccc(Oc2ccccc2)c1. The Labute approximate surface area is 121 Å². The van der Waals surface area contributed by atoms with Crippen LogP contribution in [0.25, 0.3) is 0 Å². The standard InChI is InChI=1S/C15H15N3O3/c19-15(20)14-13(16-18-17-14)10-5-4-8-12(9-10)21-11-6-2-1-3-7-11/h1-9,13-14,16-18H,(H,19,20). The number of benzene rings is 2. The average Bonchev–Trinajstić information content (AvgIpc) is 2.98. The number of para-hydroxylation sites is 1. The molecule has 2 unspecified atom stereocenters. The van der Waals surface area contributed by atoms with Crippen LogP contribution < -0.4 is 21.1 Å². The summed E-state index contributed by atoms with van der Waals surface area (Å²) in [6.45, 7) is 0. The molecule has 2 aromatic rings. The largest absolute Gasteiger partial charge is 0.480 e. The number of aliphatic carboxylic acids is 1. The third-order valence-corrected chi connectivity index (χ3v) is 3.25. The summed E-state index contributed by atoms with van der Waals surface area (Å²) < 4.78 is 5.76. The van der Waals surface area contributed by atoms with Gasteiger partial charge in [-0.25, -0.2) is 10.9 Å². The molecule has 1 saturated heterocycles. The summed E-state index contributed by atoms with van der Waals surface area (Å²) in [5.41, 5.74) is 9.05. The highest BCUT2D eigenvalue weighted by atomic mass is 16.5. The number of hydrogen-bond acceptors (Lipinski definition) is 5. The van der Waals surface area contributed by atoms with E-state index in [1.807, 2.05) is 54.6 Å². The molecular formula is C15H15N3O3. The van der Waals surface area contributed by atoms with Gasteiger partial charge in [-0.1, -0.05) is 30.3 Å². The zero-order chi connectivity index (χ0) is 14.7. The van der Waals surface area contributed by atoms with E-state index in [9.17, 15) is 9.90 Å². The highest BCUT2D eigenvalue weighted by molar-refractivity contribution is 5.75. The molecular weight excluding hydrogens is 270 g/mol. The first kappa shape index (κ1) is 13.6. The maximum atomic E-state index is 11.2. The Hall–Kier alpha value is -2.41. The fraction of sp³-hybridized carbons (Fsp3) is 0.133. The second kappa shape index (κ2) is 5.92. The van der Waals surface area contributed by atoms with Crippen molar-refractivity contribution in [3.63, 3.8) is 0 Å². The number of carboxylic acid groups (broad SMARTS) is 1. The van der Waals surface area contributed by atoms with E-state index in [0.717, 1.165) is 11.3 Å². The Balaban J connectivity index is 1.81. The highest BCUT2D eigenvalue weighted by Crippen LogP contribution is 2.26. The summed E-state index contributed by atoms with van der Waals surface area (Å²) in [7, 11) is 0. The highest BCUT2D eigenvalue weighted by Gasteiger charge is 2.33. The predicted octanol–water partition coefficient (Wildman–Crippen LogP) is 1.59. The van der Waals surface area contributed by atoms with E-state index in [4.69, 9.17) is 4.74 Å². The van der Waals surface area contributed by atoms with Crippen molar-refractivity contribution in [1.82, 2.24) is 16.4 Å². The molecule has 2 aromatic carbocycles. The van der Waals surface area contributed by atoms with Crippen LogP contribution in [0.1, 0.15) is 11.6 Å². The lowest BCUT2D eigenvalue weighted by Gasteiger charge is -2.15. The first-order valence-corrected chi connectivity index (χ1v) is 6.56. The molecule has 0 saturated carbocycles. The molecule has 0 aliphatic carbocycles. The molecule has 0 aromatic heterocycles. The van der Waals surface area contributed by atoms with E-state index in [1.165, 1.54) is 0 Å². The van der Waals surface area contributed by atoms with Gasteiger partial charge in [0, 0.05) is 0 Å². The van der Waals surface area contributed by atoms with Crippen molar-refractivity contribution in [3.05, 3.63) is 60.2 Å². The van der Waals surface area contributed by atoms with Crippen molar-refractivity contribution in [3.8, 4) is 11.5 Å². The Morgan fingerprint density at radius 1 is 1.00 bits per heavy atom. The quantitative estimate of drug-likeness (QED) is 0.683. The third kappa shape index (κ3) is 3.03. The van der Waals surface area contributed by atoms with Crippen LogP contribution in [-0.2, 0) is 4.79 Å². The zero-order valence-corrected chi connectivity index (χ0v) is 11.1. The average molecular weight is 285 g/mol. The van der Waals surface area contributed by atoms with Gasteiger partial charge in [-0.15, -0.1) is 0 Å². The van der Waals surface area contributed by atoms with Gasteiger partial charge in [0.15, 0.2) is 0 Å². The van der Waals surface area contributed by atoms with E-state index < -0.39 is 12.0 Å². The van der Waals surface area contributed by atoms with E-state index in [1.54, 1.807) is 0 Å². The summed E-state index contributed by atoms with van der Waals surface area (Å²) in [6, 6.07) is 15.7. The lowest BCUT2D eigenvalue weighted by Crippen LogP contribution is -2.38. The van der Waals surface area contributed by atoms with E-state index in [0.29, 0.717) is 5.75 Å². The number of nitrogens with one attached hydrogen (secondary N) is 3. The summed E-state index contributed by atoms with van der Waals surface area (Å²) >= 11 is 0. The molecule has 1 aliphatic rings. The predicted molar refractivity (Wildman–Crippen MR) is 76.5 cm³/mol. The molecule has 0 spiro atoms. The number of ether oxygens (including phenoxy) is 1. The van der Waals surface area contributed by atoms with E-state index >= 15 is 0 Å². The van der Waals surface area contributed by atoms with Crippen LogP contribution >= 0.6 is 0 Å². The van der Waals surface area contributed by atoms with Crippen molar-refractivity contribution in [1.29, 1.82) is 0 Å². The topological polar surface area (TPSA) is 82.6 Å². The lowest BCUT2D eigenvalue weighted by molar-refractivity contribution is -0.139. The maximum Gasteiger partial charge on any atom is 0.324 e. The van der Waals surface area contributed by atoms with Crippen molar-refractivity contribution in [2.75, 3.05) is 0 Å². The molecule has 0 radical (unpaired) electrons. The monoisotopic (exact) mass is 285 g/mol. The Morgan fingerprint density at radius 2 is 1.76 bits per heavy atom. The van der Waals surface area contributed by atoms with Crippen LogP contribution in [0.4, 0.5) is 0 Å². The summed E-state index contributed by atoms with van der Waals surface area (Å²) in [5, 5.41) is 9.18. The van der Waals surface area contributed by atoms with Gasteiger partial charge in [0.25, 0.3) is 0 Å². The van der Waals surface area contributed by atoms with Crippen LogP contribution in [0, 0.1) is 0 Å². The fourth-order valence-corrected chi connectivity index (χ4v) is 2.24. The van der Waals surface area contributed by atoms with Crippen molar-refractivity contribution in [2.24, 2.45) is 0 Å². The van der Waals surface area contributed by atoms with Crippen LogP contribution in [0.5, 0.6) is 11.5 Å². The van der Waals surface area contributed by atoms with Gasteiger partial charge in [-0.3, -0.25) is 4.79 Å². The first-order chi connectivity index (χ1) is 10.2. The van der Waals surface area contributed by atoms with Gasteiger partial charge in [0.1, 0.15) is 17.5 Å². The molecule has 6 heteroatoms. The van der Waals surface area contributed by atoms with Crippen LogP contribution in [0.2, 0.25) is 0 Å². The number of hydrazine groups is 2. The minimum absolute atomic E-state index is 0.373. The summed E-state index contributed by atoms with van der Waals surface area (Å²) in [6.07, 6.45) is 0. The van der Waals surface area contributed by atoms with Gasteiger partial charge in [-0.05, 0) is 29.8 Å². The van der Waals surface area contributed by atoms with Crippen molar-refractivity contribution < 1.29 is 14.6 Å². The third-order valence-electron chi connectivity index (χ3n) is 3.25. The number of hydrogen-bond donors (Lipinski definition) is 4. The van der Waals surface area contributed by atoms with Crippen LogP contribution in [0.15, 0.2) is 54.6 Å². The molecule has 108 valence electrons. The van der Waals surface area contributed by atoms with Gasteiger partial charge in [-0.2, -0.15) is 5.53 Å². The van der Waals surface area contributed by atoms with E-state index in [2.05, 4.69) is 16.4 Å². The molecule has 0 amide bonds. The molecule has 1 heterocycles. The van der Waals surface area contributed by atoms with Crippen LogP contribution in [0.3, 0.4) is 0 Å². The number of rotatable bonds is 4. The molecule has 0 bridgehead atoms. The molecule has 2 atom stereocenters. The molecule has 4 N–H and O–H groups in total. The molecule has 1 fully saturated rings. The molecule has 21 heavy (non-hydrogen) atoms. The van der Waals surface area contributed by atoms with Crippen molar-refractivity contribution >= 4 is 5.97 Å². The summed E-state index contributed by atoms with van der Waals surface area (Å²) in [4.78, 5) is 11.2. The first-order valence-electron chi connectivity index (χ1n) is 6.56. The van der Waals surface area contributed by atoms with Gasteiger partial charge in [0.05, 0.1) is 6.04 Å².